The Bertz CT molecular complexity index is 660. The fourth-order valence-corrected chi connectivity index (χ4v) is 2.37. The van der Waals surface area contributed by atoms with E-state index in [1.54, 1.807) is 19.1 Å². The van der Waals surface area contributed by atoms with Crippen LogP contribution in [0.25, 0.3) is 11.5 Å². The minimum atomic E-state index is -0.609. The second-order valence-corrected chi connectivity index (χ2v) is 5.61. The predicted molar refractivity (Wildman–Crippen MR) is 76.2 cm³/mol. The van der Waals surface area contributed by atoms with Gasteiger partial charge in [-0.05, 0) is 32.9 Å². The highest BCUT2D eigenvalue weighted by atomic mass is 16.7. The summed E-state index contributed by atoms with van der Waals surface area (Å²) in [4.78, 5) is 12.4. The molecule has 1 N–H and O–H groups in total. The molecular formula is C15H18N2O5. The second-order valence-electron chi connectivity index (χ2n) is 5.61. The lowest BCUT2D eigenvalue weighted by Crippen LogP contribution is -2.34. The Morgan fingerprint density at radius 1 is 1.50 bits per heavy atom. The van der Waals surface area contributed by atoms with Gasteiger partial charge in [0.05, 0.1) is 18.6 Å². The summed E-state index contributed by atoms with van der Waals surface area (Å²) >= 11 is 0. The van der Waals surface area contributed by atoms with E-state index in [1.807, 2.05) is 13.8 Å². The Kier molecular flexibility index (Phi) is 3.76. The Hall–Kier alpha value is -2.12. The van der Waals surface area contributed by atoms with Gasteiger partial charge in [0.15, 0.2) is 11.5 Å². The van der Waals surface area contributed by atoms with Gasteiger partial charge in [-0.15, -0.1) is 0 Å². The van der Waals surface area contributed by atoms with E-state index in [-0.39, 0.29) is 12.0 Å². The molecule has 1 aliphatic heterocycles. The molecule has 1 unspecified atom stereocenters. The summed E-state index contributed by atoms with van der Waals surface area (Å²) in [5, 5.41) is 6.67. The van der Waals surface area contributed by atoms with Gasteiger partial charge in [0.25, 0.3) is 5.91 Å². The number of carbonyl (C=O) groups is 1. The summed E-state index contributed by atoms with van der Waals surface area (Å²) in [6.07, 6.45) is 1.34. The zero-order chi connectivity index (χ0) is 15.7. The number of aromatic nitrogens is 1. The molecule has 22 heavy (non-hydrogen) atoms. The maximum absolute atomic E-state index is 12.4. The molecule has 2 aromatic heterocycles. The summed E-state index contributed by atoms with van der Waals surface area (Å²) in [6.45, 7) is 6.19. The number of nitrogens with zero attached hydrogens (tertiary/aromatic N) is 1. The maximum Gasteiger partial charge on any atom is 0.257 e. The first-order valence-electron chi connectivity index (χ1n) is 7.06. The first-order valence-corrected chi connectivity index (χ1v) is 7.06. The largest absolute Gasteiger partial charge is 0.461 e. The number of nitrogens with one attached hydrogen (secondary N) is 1. The molecule has 7 nitrogen and oxygen atoms in total. The molecule has 1 aliphatic rings. The molecular weight excluding hydrogens is 288 g/mol. The highest BCUT2D eigenvalue weighted by Crippen LogP contribution is 2.27. The summed E-state index contributed by atoms with van der Waals surface area (Å²) in [5.74, 6) is -0.100. The third-order valence-corrected chi connectivity index (χ3v) is 3.39. The van der Waals surface area contributed by atoms with Crippen molar-refractivity contribution in [2.45, 2.75) is 32.7 Å². The topological polar surface area (TPSA) is 86.7 Å². The van der Waals surface area contributed by atoms with Gasteiger partial charge in [-0.25, -0.2) is 0 Å². The van der Waals surface area contributed by atoms with Crippen LogP contribution < -0.4 is 5.32 Å². The first kappa shape index (κ1) is 14.8. The second kappa shape index (κ2) is 5.58. The molecule has 1 atom stereocenters. The lowest BCUT2D eigenvalue weighted by Gasteiger charge is -2.17. The van der Waals surface area contributed by atoms with E-state index in [0.29, 0.717) is 35.9 Å². The van der Waals surface area contributed by atoms with E-state index in [0.717, 1.165) is 0 Å². The zero-order valence-corrected chi connectivity index (χ0v) is 12.7. The van der Waals surface area contributed by atoms with Crippen LogP contribution in [0.15, 0.2) is 27.3 Å². The third kappa shape index (κ3) is 2.90. The Labute approximate surface area is 127 Å². The van der Waals surface area contributed by atoms with Crippen LogP contribution in [-0.2, 0) is 9.47 Å². The predicted octanol–water partition coefficient (Wildman–Crippen LogP) is 2.12. The quantitative estimate of drug-likeness (QED) is 0.931. The molecule has 0 radical (unpaired) electrons. The summed E-state index contributed by atoms with van der Waals surface area (Å²) in [7, 11) is 0. The number of ether oxygens (including phenoxy) is 2. The third-order valence-electron chi connectivity index (χ3n) is 3.39. The molecule has 0 saturated carbocycles. The number of rotatable bonds is 4. The monoisotopic (exact) mass is 306 g/mol. The van der Waals surface area contributed by atoms with Crippen LogP contribution in [0.5, 0.6) is 0 Å². The number of carbonyl (C=O) groups excluding carboxylic acids is 1. The van der Waals surface area contributed by atoms with Crippen LogP contribution in [0.3, 0.4) is 0 Å². The zero-order valence-electron chi connectivity index (χ0n) is 12.7. The molecule has 1 amide bonds. The normalized spacial score (nSPS) is 20.2. The van der Waals surface area contributed by atoms with E-state index in [2.05, 4.69) is 10.5 Å². The average Bonchev–Trinajstić information content (AvgIpc) is 3.16. The number of aryl methyl sites for hydroxylation is 1. The van der Waals surface area contributed by atoms with E-state index in [9.17, 15) is 4.79 Å². The molecule has 118 valence electrons. The lowest BCUT2D eigenvalue weighted by molar-refractivity contribution is -0.137. The van der Waals surface area contributed by atoms with Gasteiger partial charge in [0.1, 0.15) is 11.7 Å². The van der Waals surface area contributed by atoms with Crippen LogP contribution >= 0.6 is 0 Å². The smallest absolute Gasteiger partial charge is 0.257 e. The van der Waals surface area contributed by atoms with Crippen molar-refractivity contribution in [2.75, 3.05) is 13.2 Å². The van der Waals surface area contributed by atoms with Crippen molar-refractivity contribution in [1.29, 1.82) is 0 Å². The van der Waals surface area contributed by atoms with Gasteiger partial charge in [-0.3, -0.25) is 4.79 Å². The Morgan fingerprint density at radius 3 is 2.95 bits per heavy atom. The van der Waals surface area contributed by atoms with Gasteiger partial charge in [0, 0.05) is 6.54 Å². The van der Waals surface area contributed by atoms with Gasteiger partial charge in [-0.2, -0.15) is 0 Å². The van der Waals surface area contributed by atoms with Crippen molar-refractivity contribution < 1.29 is 23.2 Å². The number of amides is 1. The number of hydrogen-bond acceptors (Lipinski definition) is 6. The van der Waals surface area contributed by atoms with Crippen molar-refractivity contribution in [2.24, 2.45) is 0 Å². The van der Waals surface area contributed by atoms with Crippen molar-refractivity contribution in [3.8, 4) is 11.5 Å². The minimum absolute atomic E-state index is 0.175. The first-order chi connectivity index (χ1) is 10.5. The fourth-order valence-electron chi connectivity index (χ4n) is 2.37. The average molecular weight is 306 g/mol. The number of furan rings is 1. The fraction of sp³-hybridized carbons (Fsp3) is 0.467. The molecule has 7 heteroatoms. The summed E-state index contributed by atoms with van der Waals surface area (Å²) in [5.41, 5.74) is 0.876. The highest BCUT2D eigenvalue weighted by molar-refractivity contribution is 6.00. The molecule has 0 bridgehead atoms. The lowest BCUT2D eigenvalue weighted by atomic mass is 10.1. The molecule has 3 rings (SSSR count). The molecule has 3 heterocycles. The highest BCUT2D eigenvalue weighted by Gasteiger charge is 2.33. The van der Waals surface area contributed by atoms with Crippen LogP contribution in [0.2, 0.25) is 0 Å². The van der Waals surface area contributed by atoms with E-state index < -0.39 is 5.79 Å². The van der Waals surface area contributed by atoms with Crippen molar-refractivity contribution >= 4 is 5.91 Å². The van der Waals surface area contributed by atoms with Gasteiger partial charge in [0.2, 0.25) is 5.76 Å². The maximum atomic E-state index is 12.4. The van der Waals surface area contributed by atoms with Crippen LogP contribution in [-0.4, -0.2) is 36.1 Å². The van der Waals surface area contributed by atoms with Gasteiger partial charge >= 0.3 is 0 Å². The van der Waals surface area contributed by atoms with Crippen LogP contribution in [0.1, 0.15) is 29.9 Å². The van der Waals surface area contributed by atoms with E-state index >= 15 is 0 Å². The van der Waals surface area contributed by atoms with Gasteiger partial charge in [-0.1, -0.05) is 5.16 Å². The molecule has 0 aromatic carbocycles. The molecule has 0 aliphatic carbocycles. The SMILES string of the molecule is Cc1noc(-c2ccco2)c1C(=O)NCC1COC(C)(C)O1. The standard InChI is InChI=1S/C15H18N2O5/c1-9-12(13(22-17-9)11-5-4-6-19-11)14(18)16-7-10-8-20-15(2,3)21-10/h4-6,10H,7-8H2,1-3H3,(H,16,18). The summed E-state index contributed by atoms with van der Waals surface area (Å²) in [6, 6.07) is 3.44. The van der Waals surface area contributed by atoms with Crippen LogP contribution in [0.4, 0.5) is 0 Å². The number of hydrogen-bond donors (Lipinski definition) is 1. The Balaban J connectivity index is 1.70. The van der Waals surface area contributed by atoms with Crippen LogP contribution in [0, 0.1) is 6.92 Å². The van der Waals surface area contributed by atoms with Crippen molar-refractivity contribution in [3.63, 3.8) is 0 Å². The van der Waals surface area contributed by atoms with Gasteiger partial charge < -0.3 is 23.7 Å². The summed E-state index contributed by atoms with van der Waals surface area (Å²) < 4.78 is 21.6. The molecule has 0 spiro atoms. The van der Waals surface area contributed by atoms with E-state index in [4.69, 9.17) is 18.4 Å². The molecule has 2 aromatic rings. The van der Waals surface area contributed by atoms with Crippen molar-refractivity contribution in [1.82, 2.24) is 10.5 Å². The van der Waals surface area contributed by atoms with Crippen molar-refractivity contribution in [3.05, 3.63) is 29.7 Å². The molecule has 1 saturated heterocycles. The molecule has 1 fully saturated rings. The minimum Gasteiger partial charge on any atom is -0.461 e. The van der Waals surface area contributed by atoms with E-state index in [1.165, 1.54) is 6.26 Å². The Morgan fingerprint density at radius 2 is 2.32 bits per heavy atom.